The molecule has 0 radical (unpaired) electrons. The Morgan fingerprint density at radius 2 is 0.707 bits per heavy atom. The molecule has 41 heavy (non-hydrogen) atoms. The van der Waals surface area contributed by atoms with Crippen molar-refractivity contribution in [3.8, 4) is 12.3 Å². The van der Waals surface area contributed by atoms with Crippen LogP contribution in [-0.4, -0.2) is 159 Å². The van der Waals surface area contributed by atoms with E-state index in [0.717, 1.165) is 0 Å². The third kappa shape index (κ3) is 45.8. The van der Waals surface area contributed by atoms with E-state index in [2.05, 4.69) is 22.7 Å². The summed E-state index contributed by atoms with van der Waals surface area (Å²) in [6.07, 6.45) is 5.42. The first kappa shape index (κ1) is 44.0. The molecule has 0 spiro atoms. The molecule has 0 aliphatic carbocycles. The van der Waals surface area contributed by atoms with Crippen LogP contribution in [0.15, 0.2) is 0 Å². The molecule has 0 fully saturated rings. The zero-order chi connectivity index (χ0) is 30.9. The van der Waals surface area contributed by atoms with Crippen LogP contribution < -0.4 is 16.8 Å². The second kappa shape index (κ2) is 45.5. The number of carbonyl (C=O) groups excluding carboxylic acids is 1. The Labute approximate surface area is 247 Å². The van der Waals surface area contributed by atoms with E-state index in [9.17, 15) is 4.79 Å². The average molecular weight is 600 g/mol. The van der Waals surface area contributed by atoms with Crippen molar-refractivity contribution in [1.82, 2.24) is 5.32 Å². The first-order valence-electron chi connectivity index (χ1n) is 13.9. The lowest BCUT2D eigenvalue weighted by Gasteiger charge is -2.09. The van der Waals surface area contributed by atoms with Crippen molar-refractivity contribution in [3.63, 3.8) is 0 Å². The van der Waals surface area contributed by atoms with Crippen LogP contribution in [0.3, 0.4) is 0 Å². The third-order valence-electron chi connectivity index (χ3n) is 4.29. The second-order valence-electron chi connectivity index (χ2n) is 7.19. The van der Waals surface area contributed by atoms with E-state index >= 15 is 0 Å². The van der Waals surface area contributed by atoms with Crippen molar-refractivity contribution in [1.29, 1.82) is 0 Å². The highest BCUT2D eigenvalue weighted by Crippen LogP contribution is 1.87. The molecule has 0 atom stereocenters. The number of ether oxygens (including phenoxy) is 10. The van der Waals surface area contributed by atoms with E-state index in [-0.39, 0.29) is 5.91 Å². The number of carbonyl (C=O) groups is 1. The highest BCUT2D eigenvalue weighted by atomic mass is 16.6. The van der Waals surface area contributed by atoms with E-state index in [0.29, 0.717) is 139 Å². The molecule has 14 heteroatoms. The number of rotatable bonds is 31. The van der Waals surface area contributed by atoms with Crippen LogP contribution in [0.2, 0.25) is 0 Å². The standard InChI is InChI=1S/C25H47NO11.2CH5N/c1-3-5-28-7-9-30-11-13-32-15-17-34-19-21-36-23-24-37-22-20-35-18-16-33-14-12-31-10-8-29-6-4-25(27)26-2;2*1-2/h1H,4-24H2,2H3,(H,26,27);2*2H2,1H3. The molecule has 0 heterocycles. The van der Waals surface area contributed by atoms with Gasteiger partial charge in [-0.3, -0.25) is 4.79 Å². The van der Waals surface area contributed by atoms with Gasteiger partial charge in [0.2, 0.25) is 5.91 Å². The van der Waals surface area contributed by atoms with Crippen LogP contribution in [0.5, 0.6) is 0 Å². The Balaban J connectivity index is -0.00000344. The van der Waals surface area contributed by atoms with Gasteiger partial charge >= 0.3 is 0 Å². The summed E-state index contributed by atoms with van der Waals surface area (Å²) in [5, 5.41) is 2.54. The summed E-state index contributed by atoms with van der Waals surface area (Å²) in [6.45, 7) is 9.66. The van der Waals surface area contributed by atoms with E-state index in [1.165, 1.54) is 14.1 Å². The summed E-state index contributed by atoms with van der Waals surface area (Å²) in [6, 6.07) is 0. The van der Waals surface area contributed by atoms with E-state index in [1.807, 2.05) is 0 Å². The first-order chi connectivity index (χ1) is 20.3. The Morgan fingerprint density at radius 3 is 0.927 bits per heavy atom. The number of nitrogens with one attached hydrogen (secondary N) is 1. The minimum Gasteiger partial charge on any atom is -0.379 e. The number of hydrogen-bond acceptors (Lipinski definition) is 13. The molecule has 14 nitrogen and oxygen atoms in total. The van der Waals surface area contributed by atoms with Crippen LogP contribution in [0.1, 0.15) is 6.42 Å². The smallest absolute Gasteiger partial charge is 0.222 e. The van der Waals surface area contributed by atoms with Crippen molar-refractivity contribution < 1.29 is 52.2 Å². The fourth-order valence-corrected chi connectivity index (χ4v) is 2.40. The molecule has 0 rings (SSSR count). The number of amides is 1. The normalized spacial score (nSPS) is 10.2. The van der Waals surface area contributed by atoms with Gasteiger partial charge in [-0.05, 0) is 14.1 Å². The van der Waals surface area contributed by atoms with Crippen molar-refractivity contribution in [2.45, 2.75) is 6.42 Å². The number of terminal acetylenes is 1. The molecule has 5 N–H and O–H groups in total. The summed E-state index contributed by atoms with van der Waals surface area (Å²) < 4.78 is 53.6. The minimum absolute atomic E-state index is 0.0354. The van der Waals surface area contributed by atoms with Gasteiger partial charge in [0.15, 0.2) is 0 Å². The molecule has 0 bridgehead atoms. The summed E-state index contributed by atoms with van der Waals surface area (Å²) >= 11 is 0. The van der Waals surface area contributed by atoms with Gasteiger partial charge in [-0.2, -0.15) is 0 Å². The van der Waals surface area contributed by atoms with Gasteiger partial charge in [0.1, 0.15) is 6.61 Å². The topological polar surface area (TPSA) is 173 Å². The Morgan fingerprint density at radius 1 is 0.488 bits per heavy atom. The second-order valence-corrected chi connectivity index (χ2v) is 7.19. The van der Waals surface area contributed by atoms with Crippen LogP contribution in [0.25, 0.3) is 0 Å². The van der Waals surface area contributed by atoms with Crippen LogP contribution in [0.4, 0.5) is 0 Å². The van der Waals surface area contributed by atoms with E-state index in [1.54, 1.807) is 7.05 Å². The lowest BCUT2D eigenvalue weighted by atomic mass is 10.4. The molecule has 0 aliphatic heterocycles. The van der Waals surface area contributed by atoms with Crippen LogP contribution in [-0.2, 0) is 52.2 Å². The van der Waals surface area contributed by atoms with E-state index in [4.69, 9.17) is 53.8 Å². The predicted molar refractivity (Wildman–Crippen MR) is 156 cm³/mol. The quantitative estimate of drug-likeness (QED) is 0.0660. The zero-order valence-corrected chi connectivity index (χ0v) is 25.6. The monoisotopic (exact) mass is 599 g/mol. The largest absolute Gasteiger partial charge is 0.379 e. The molecule has 0 aliphatic rings. The van der Waals surface area contributed by atoms with Crippen molar-refractivity contribution in [3.05, 3.63) is 0 Å². The number of nitrogens with two attached hydrogens (primary N) is 2. The Hall–Kier alpha value is -1.45. The molecule has 0 unspecified atom stereocenters. The first-order valence-corrected chi connectivity index (χ1v) is 13.9. The molecular formula is C27H57N3O11. The number of hydrogen-bond donors (Lipinski definition) is 3. The van der Waals surface area contributed by atoms with Gasteiger partial charge in [-0.1, -0.05) is 5.92 Å². The third-order valence-corrected chi connectivity index (χ3v) is 4.29. The lowest BCUT2D eigenvalue weighted by molar-refractivity contribution is -0.121. The molecule has 246 valence electrons. The summed E-state index contributed by atoms with van der Waals surface area (Å²) in [5.41, 5.74) is 9.00. The molecule has 0 aromatic rings. The molecule has 1 amide bonds. The highest BCUT2D eigenvalue weighted by Gasteiger charge is 1.98. The Kier molecular flexibility index (Phi) is 48.9. The lowest BCUT2D eigenvalue weighted by Crippen LogP contribution is -2.20. The van der Waals surface area contributed by atoms with Crippen LogP contribution in [0, 0.1) is 12.3 Å². The van der Waals surface area contributed by atoms with Crippen molar-refractivity contribution >= 4 is 5.91 Å². The van der Waals surface area contributed by atoms with Gasteiger partial charge in [-0.25, -0.2) is 0 Å². The fraction of sp³-hybridized carbons (Fsp3) is 0.889. The Bertz CT molecular complexity index is 515. The summed E-state index contributed by atoms with van der Waals surface area (Å²) in [5.74, 6) is 2.36. The maximum absolute atomic E-state index is 11.0. The summed E-state index contributed by atoms with van der Waals surface area (Å²) in [7, 11) is 4.60. The predicted octanol–water partition coefficient (Wildman–Crippen LogP) is -0.928. The van der Waals surface area contributed by atoms with Crippen molar-refractivity contribution in [2.24, 2.45) is 11.5 Å². The molecule has 0 saturated carbocycles. The zero-order valence-electron chi connectivity index (χ0n) is 25.6. The molecule has 0 aromatic heterocycles. The average Bonchev–Trinajstić information content (AvgIpc) is 3.01. The molecule has 0 saturated heterocycles. The van der Waals surface area contributed by atoms with Gasteiger partial charge in [0, 0.05) is 13.5 Å². The highest BCUT2D eigenvalue weighted by molar-refractivity contribution is 5.75. The SMILES string of the molecule is C#CCOCCOCCOCCOCCOCCOCCOCCOCCOCCOCCC(=O)NC.CN.CN. The minimum atomic E-state index is -0.0354. The van der Waals surface area contributed by atoms with Gasteiger partial charge in [-0.15, -0.1) is 6.42 Å². The van der Waals surface area contributed by atoms with Gasteiger partial charge < -0.3 is 64.2 Å². The van der Waals surface area contributed by atoms with E-state index < -0.39 is 0 Å². The van der Waals surface area contributed by atoms with Gasteiger partial charge in [0.25, 0.3) is 0 Å². The molecular weight excluding hydrogens is 542 g/mol. The molecule has 0 aromatic carbocycles. The maximum atomic E-state index is 11.0. The van der Waals surface area contributed by atoms with Crippen LogP contribution >= 0.6 is 0 Å². The maximum Gasteiger partial charge on any atom is 0.222 e. The van der Waals surface area contributed by atoms with Gasteiger partial charge in [0.05, 0.1) is 126 Å². The van der Waals surface area contributed by atoms with Crippen molar-refractivity contribution in [2.75, 3.05) is 153 Å². The fourth-order valence-electron chi connectivity index (χ4n) is 2.40. The summed E-state index contributed by atoms with van der Waals surface area (Å²) in [4.78, 5) is 11.0.